The summed E-state index contributed by atoms with van der Waals surface area (Å²) in [6.45, 7) is 0. The summed E-state index contributed by atoms with van der Waals surface area (Å²) < 4.78 is 5.58. The number of aryl methyl sites for hydroxylation is 2. The first kappa shape index (κ1) is 14.4. The van der Waals surface area contributed by atoms with Crippen LogP contribution >= 0.6 is 0 Å². The number of carbonyl (C=O) groups is 1. The third-order valence-corrected chi connectivity index (χ3v) is 5.30. The molecule has 1 N–H and O–H groups in total. The molecule has 0 unspecified atom stereocenters. The normalized spacial score (nSPS) is 20.6. The van der Waals surface area contributed by atoms with Crippen molar-refractivity contribution in [3.63, 3.8) is 0 Å². The van der Waals surface area contributed by atoms with Crippen LogP contribution in [0.5, 0.6) is 5.75 Å². The van der Waals surface area contributed by atoms with Gasteiger partial charge in [-0.05, 0) is 55.7 Å². The fraction of sp³-hybridized carbons (Fsp3) is 0.611. The molecule has 114 valence electrons. The fourth-order valence-corrected chi connectivity index (χ4v) is 4.06. The zero-order valence-electron chi connectivity index (χ0n) is 12.8. The Morgan fingerprint density at radius 1 is 1.05 bits per heavy atom. The standard InChI is InChI=1S/C18H24O3/c1-21-16-12-14-8-4-3-7-13(14)11-15(16)18(17(19)20)9-5-2-6-10-18/h11-12H,2-10H2,1H3,(H,19,20). The van der Waals surface area contributed by atoms with Gasteiger partial charge in [-0.3, -0.25) is 4.79 Å². The molecule has 0 spiro atoms. The smallest absolute Gasteiger partial charge is 0.314 e. The topological polar surface area (TPSA) is 46.5 Å². The van der Waals surface area contributed by atoms with E-state index in [9.17, 15) is 9.90 Å². The molecule has 0 atom stereocenters. The Balaban J connectivity index is 2.12. The molecule has 3 heteroatoms. The van der Waals surface area contributed by atoms with Crippen molar-refractivity contribution in [1.82, 2.24) is 0 Å². The highest BCUT2D eigenvalue weighted by Gasteiger charge is 2.43. The summed E-state index contributed by atoms with van der Waals surface area (Å²) in [6, 6.07) is 4.25. The van der Waals surface area contributed by atoms with Crippen LogP contribution in [-0.2, 0) is 23.1 Å². The number of benzene rings is 1. The Labute approximate surface area is 126 Å². The van der Waals surface area contributed by atoms with Crippen LogP contribution in [0, 0.1) is 0 Å². The van der Waals surface area contributed by atoms with Crippen LogP contribution in [0.4, 0.5) is 0 Å². The van der Waals surface area contributed by atoms with E-state index in [1.54, 1.807) is 7.11 Å². The lowest BCUT2D eigenvalue weighted by Crippen LogP contribution is -2.38. The molecule has 3 rings (SSSR count). The van der Waals surface area contributed by atoms with Crippen LogP contribution in [0.1, 0.15) is 61.6 Å². The van der Waals surface area contributed by atoms with Crippen molar-refractivity contribution in [2.75, 3.05) is 7.11 Å². The molecular weight excluding hydrogens is 264 g/mol. The van der Waals surface area contributed by atoms with Gasteiger partial charge in [-0.25, -0.2) is 0 Å². The van der Waals surface area contributed by atoms with E-state index >= 15 is 0 Å². The first-order chi connectivity index (χ1) is 10.2. The predicted molar refractivity (Wildman–Crippen MR) is 82.0 cm³/mol. The molecule has 1 aromatic carbocycles. The van der Waals surface area contributed by atoms with Gasteiger partial charge in [-0.2, -0.15) is 0 Å². The van der Waals surface area contributed by atoms with Gasteiger partial charge in [0.05, 0.1) is 12.5 Å². The SMILES string of the molecule is COc1cc2c(cc1C1(C(=O)O)CCCCC1)CCCC2. The van der Waals surface area contributed by atoms with Crippen molar-refractivity contribution in [2.24, 2.45) is 0 Å². The number of carboxylic acids is 1. The van der Waals surface area contributed by atoms with Crippen LogP contribution < -0.4 is 4.74 Å². The second-order valence-electron chi connectivity index (χ2n) is 6.48. The van der Waals surface area contributed by atoms with Crippen molar-refractivity contribution in [3.05, 3.63) is 28.8 Å². The van der Waals surface area contributed by atoms with E-state index in [1.165, 1.54) is 24.0 Å². The van der Waals surface area contributed by atoms with Crippen LogP contribution in [0.15, 0.2) is 12.1 Å². The maximum atomic E-state index is 12.1. The summed E-state index contributed by atoms with van der Waals surface area (Å²) in [4.78, 5) is 12.1. The molecule has 1 aromatic rings. The molecule has 2 aliphatic carbocycles. The summed E-state index contributed by atoms with van der Waals surface area (Å²) in [6.07, 6.45) is 9.18. The molecule has 21 heavy (non-hydrogen) atoms. The van der Waals surface area contributed by atoms with Crippen molar-refractivity contribution in [2.45, 2.75) is 63.2 Å². The molecule has 2 aliphatic rings. The lowest BCUT2D eigenvalue weighted by molar-refractivity contribution is -0.145. The molecule has 0 bridgehead atoms. The lowest BCUT2D eigenvalue weighted by atomic mass is 9.68. The third-order valence-electron chi connectivity index (χ3n) is 5.30. The molecule has 3 nitrogen and oxygen atoms in total. The molecule has 0 amide bonds. The molecule has 0 aliphatic heterocycles. The third kappa shape index (κ3) is 2.43. The van der Waals surface area contributed by atoms with E-state index in [2.05, 4.69) is 12.1 Å². The van der Waals surface area contributed by atoms with E-state index in [1.807, 2.05) is 0 Å². The Hall–Kier alpha value is -1.51. The van der Waals surface area contributed by atoms with Crippen LogP contribution in [0.3, 0.4) is 0 Å². The zero-order valence-corrected chi connectivity index (χ0v) is 12.8. The maximum Gasteiger partial charge on any atom is 0.314 e. The predicted octanol–water partition coefficient (Wildman–Crippen LogP) is 3.86. The number of hydrogen-bond acceptors (Lipinski definition) is 2. The van der Waals surface area contributed by atoms with E-state index in [0.29, 0.717) is 0 Å². The number of carboxylic acid groups (broad SMARTS) is 1. The van der Waals surface area contributed by atoms with Gasteiger partial charge in [0.25, 0.3) is 0 Å². The summed E-state index contributed by atoms with van der Waals surface area (Å²) >= 11 is 0. The monoisotopic (exact) mass is 288 g/mol. The Morgan fingerprint density at radius 3 is 2.24 bits per heavy atom. The molecule has 0 aromatic heterocycles. The average molecular weight is 288 g/mol. The van der Waals surface area contributed by atoms with E-state index < -0.39 is 11.4 Å². The van der Waals surface area contributed by atoms with Gasteiger partial charge in [0.15, 0.2) is 0 Å². The van der Waals surface area contributed by atoms with Gasteiger partial charge >= 0.3 is 5.97 Å². The number of ether oxygens (including phenoxy) is 1. The Kier molecular flexibility index (Phi) is 3.92. The molecule has 1 fully saturated rings. The zero-order chi connectivity index (χ0) is 14.9. The van der Waals surface area contributed by atoms with Crippen molar-refractivity contribution >= 4 is 5.97 Å². The van der Waals surface area contributed by atoms with Gasteiger partial charge in [0.2, 0.25) is 0 Å². The highest BCUT2D eigenvalue weighted by molar-refractivity contribution is 5.83. The average Bonchev–Trinajstić information content (AvgIpc) is 2.54. The van der Waals surface area contributed by atoms with Crippen LogP contribution in [0.2, 0.25) is 0 Å². The molecule has 0 saturated heterocycles. The van der Waals surface area contributed by atoms with Gasteiger partial charge in [0, 0.05) is 5.56 Å². The largest absolute Gasteiger partial charge is 0.496 e. The number of rotatable bonds is 3. The van der Waals surface area contributed by atoms with Crippen molar-refractivity contribution in [1.29, 1.82) is 0 Å². The Morgan fingerprint density at radius 2 is 1.67 bits per heavy atom. The van der Waals surface area contributed by atoms with E-state index in [4.69, 9.17) is 4.74 Å². The minimum absolute atomic E-state index is 0.684. The molecule has 1 saturated carbocycles. The van der Waals surface area contributed by atoms with Gasteiger partial charge in [0.1, 0.15) is 5.75 Å². The fourth-order valence-electron chi connectivity index (χ4n) is 4.06. The van der Waals surface area contributed by atoms with Gasteiger partial charge < -0.3 is 9.84 Å². The number of methoxy groups -OCH3 is 1. The highest BCUT2D eigenvalue weighted by Crippen LogP contribution is 2.45. The molecule has 0 radical (unpaired) electrons. The molecular formula is C18H24O3. The van der Waals surface area contributed by atoms with Crippen LogP contribution in [-0.4, -0.2) is 18.2 Å². The highest BCUT2D eigenvalue weighted by atomic mass is 16.5. The summed E-state index contributed by atoms with van der Waals surface area (Å²) in [7, 11) is 1.66. The number of hydrogen-bond donors (Lipinski definition) is 1. The number of fused-ring (bicyclic) bond motifs is 1. The minimum atomic E-state index is -0.740. The minimum Gasteiger partial charge on any atom is -0.496 e. The first-order valence-electron chi connectivity index (χ1n) is 8.11. The van der Waals surface area contributed by atoms with E-state index in [0.717, 1.165) is 56.3 Å². The second kappa shape index (κ2) is 5.70. The Bertz CT molecular complexity index is 542. The van der Waals surface area contributed by atoms with Gasteiger partial charge in [-0.1, -0.05) is 25.3 Å². The van der Waals surface area contributed by atoms with E-state index in [-0.39, 0.29) is 0 Å². The quantitative estimate of drug-likeness (QED) is 0.918. The summed E-state index contributed by atoms with van der Waals surface area (Å²) in [5.41, 5.74) is 2.86. The molecule has 0 heterocycles. The summed E-state index contributed by atoms with van der Waals surface area (Å²) in [5, 5.41) is 9.91. The first-order valence-corrected chi connectivity index (χ1v) is 8.11. The van der Waals surface area contributed by atoms with Crippen molar-refractivity contribution < 1.29 is 14.6 Å². The van der Waals surface area contributed by atoms with Crippen LogP contribution in [0.25, 0.3) is 0 Å². The van der Waals surface area contributed by atoms with Gasteiger partial charge in [-0.15, -0.1) is 0 Å². The number of aliphatic carboxylic acids is 1. The second-order valence-corrected chi connectivity index (χ2v) is 6.48. The maximum absolute atomic E-state index is 12.1. The summed E-state index contributed by atoms with van der Waals surface area (Å²) in [5.74, 6) is 0.0937. The lowest BCUT2D eigenvalue weighted by Gasteiger charge is -2.35. The van der Waals surface area contributed by atoms with Crippen molar-refractivity contribution in [3.8, 4) is 5.75 Å².